The lowest BCUT2D eigenvalue weighted by Crippen LogP contribution is -2.24. The second-order valence-corrected chi connectivity index (χ2v) is 3.24. The van der Waals surface area contributed by atoms with Crippen LogP contribution >= 0.6 is 0 Å². The van der Waals surface area contributed by atoms with Gasteiger partial charge in [0.25, 0.3) is 0 Å². The molecule has 0 radical (unpaired) electrons. The molecule has 0 aliphatic rings. The molecule has 1 rings (SSSR count). The zero-order valence-corrected chi connectivity index (χ0v) is 8.25. The maximum Gasteiger partial charge on any atom is 0.0672 e. The van der Waals surface area contributed by atoms with Gasteiger partial charge in [0.15, 0.2) is 0 Å². The average molecular weight is 189 g/mol. The zero-order valence-electron chi connectivity index (χ0n) is 8.25. The maximum absolute atomic E-state index is 10.4. The molecular formula is C12H13O2-. The molecule has 0 bridgehead atoms. The van der Waals surface area contributed by atoms with Gasteiger partial charge in [0.2, 0.25) is 0 Å². The Morgan fingerprint density at radius 3 is 2.21 bits per heavy atom. The van der Waals surface area contributed by atoms with Crippen molar-refractivity contribution in [3.8, 4) is 0 Å². The smallest absolute Gasteiger partial charge is 0.0672 e. The molecular weight excluding hydrogens is 176 g/mol. The first-order valence-corrected chi connectivity index (χ1v) is 4.60. The Bertz CT molecular complexity index is 336. The second kappa shape index (κ2) is 4.61. The van der Waals surface area contributed by atoms with E-state index < -0.39 is 5.97 Å². The third kappa shape index (κ3) is 2.73. The summed E-state index contributed by atoms with van der Waals surface area (Å²) in [5.74, 6) is -1.18. The van der Waals surface area contributed by atoms with Crippen LogP contribution in [0.4, 0.5) is 0 Å². The maximum atomic E-state index is 10.4. The Kier molecular flexibility index (Phi) is 3.46. The molecule has 0 fully saturated rings. The lowest BCUT2D eigenvalue weighted by molar-refractivity contribution is -0.299. The van der Waals surface area contributed by atoms with Crippen LogP contribution in [0.2, 0.25) is 0 Å². The molecule has 0 aromatic heterocycles. The Morgan fingerprint density at radius 2 is 1.79 bits per heavy atom. The number of carboxylic acids is 1. The van der Waals surface area contributed by atoms with E-state index >= 15 is 0 Å². The van der Waals surface area contributed by atoms with Crippen LogP contribution in [0.5, 0.6) is 0 Å². The molecule has 0 amide bonds. The number of carboxylic acid groups (broad SMARTS) is 1. The van der Waals surface area contributed by atoms with Crippen LogP contribution in [0.25, 0.3) is 0 Å². The van der Waals surface area contributed by atoms with Gasteiger partial charge in [-0.15, -0.1) is 0 Å². The Balaban J connectivity index is 2.69. The first-order valence-electron chi connectivity index (χ1n) is 4.60. The third-order valence-corrected chi connectivity index (χ3v) is 2.14. The van der Waals surface area contributed by atoms with E-state index in [-0.39, 0.29) is 5.57 Å². The lowest BCUT2D eigenvalue weighted by atomic mass is 10.0. The summed E-state index contributed by atoms with van der Waals surface area (Å²) in [5, 5.41) is 10.4. The number of hydrogen-bond donors (Lipinski definition) is 0. The largest absolute Gasteiger partial charge is 0.545 e. The minimum atomic E-state index is -1.18. The topological polar surface area (TPSA) is 40.1 Å². The molecule has 0 heterocycles. The molecule has 0 saturated carbocycles. The van der Waals surface area contributed by atoms with E-state index in [0.29, 0.717) is 6.42 Å². The number of carbonyl (C=O) groups excluding carboxylic acids is 1. The number of aryl methyl sites for hydroxylation is 1. The van der Waals surface area contributed by atoms with Gasteiger partial charge in [-0.05, 0) is 29.5 Å². The van der Waals surface area contributed by atoms with Crippen molar-refractivity contribution in [3.63, 3.8) is 0 Å². The molecule has 0 aliphatic carbocycles. The van der Waals surface area contributed by atoms with Crippen molar-refractivity contribution >= 4 is 5.97 Å². The van der Waals surface area contributed by atoms with Crippen molar-refractivity contribution in [1.82, 2.24) is 0 Å². The monoisotopic (exact) mass is 189 g/mol. The highest BCUT2D eigenvalue weighted by Gasteiger charge is 1.98. The summed E-state index contributed by atoms with van der Waals surface area (Å²) in [7, 11) is 0. The SMILES string of the molecule is C=C(Cc1ccc(CC)cc1)C(=O)[O-]. The van der Waals surface area contributed by atoms with Gasteiger partial charge in [-0.2, -0.15) is 0 Å². The summed E-state index contributed by atoms with van der Waals surface area (Å²) in [4.78, 5) is 10.4. The van der Waals surface area contributed by atoms with E-state index in [0.717, 1.165) is 12.0 Å². The van der Waals surface area contributed by atoms with Crippen LogP contribution in [-0.2, 0) is 17.6 Å². The molecule has 1 aromatic carbocycles. The van der Waals surface area contributed by atoms with Gasteiger partial charge in [0.1, 0.15) is 0 Å². The molecule has 0 N–H and O–H groups in total. The van der Waals surface area contributed by atoms with Gasteiger partial charge in [-0.1, -0.05) is 37.8 Å². The number of aliphatic carboxylic acids is 1. The molecule has 0 spiro atoms. The number of hydrogen-bond acceptors (Lipinski definition) is 2. The van der Waals surface area contributed by atoms with E-state index in [4.69, 9.17) is 0 Å². The third-order valence-electron chi connectivity index (χ3n) is 2.14. The molecule has 2 heteroatoms. The number of benzene rings is 1. The van der Waals surface area contributed by atoms with Crippen molar-refractivity contribution < 1.29 is 9.90 Å². The second-order valence-electron chi connectivity index (χ2n) is 3.24. The van der Waals surface area contributed by atoms with Crippen LogP contribution in [-0.4, -0.2) is 5.97 Å². The summed E-state index contributed by atoms with van der Waals surface area (Å²) >= 11 is 0. The van der Waals surface area contributed by atoms with E-state index in [1.54, 1.807) is 0 Å². The molecule has 0 saturated heterocycles. The Labute approximate surface area is 83.9 Å². The van der Waals surface area contributed by atoms with E-state index in [1.807, 2.05) is 24.3 Å². The van der Waals surface area contributed by atoms with E-state index in [2.05, 4.69) is 13.5 Å². The average Bonchev–Trinajstić information content (AvgIpc) is 2.19. The van der Waals surface area contributed by atoms with Crippen molar-refractivity contribution in [1.29, 1.82) is 0 Å². The Hall–Kier alpha value is -1.57. The van der Waals surface area contributed by atoms with Crippen molar-refractivity contribution in [2.24, 2.45) is 0 Å². The highest BCUT2D eigenvalue weighted by atomic mass is 16.4. The molecule has 0 atom stereocenters. The molecule has 0 unspecified atom stereocenters. The lowest BCUT2D eigenvalue weighted by Gasteiger charge is -2.06. The molecule has 2 nitrogen and oxygen atoms in total. The summed E-state index contributed by atoms with van der Waals surface area (Å²) in [6.45, 7) is 5.51. The van der Waals surface area contributed by atoms with Gasteiger partial charge in [-0.3, -0.25) is 0 Å². The van der Waals surface area contributed by atoms with Gasteiger partial charge in [0.05, 0.1) is 5.97 Å². The summed E-state index contributed by atoms with van der Waals surface area (Å²) in [5.41, 5.74) is 2.32. The molecule has 0 aliphatic heterocycles. The van der Waals surface area contributed by atoms with E-state index in [9.17, 15) is 9.90 Å². The fourth-order valence-electron chi connectivity index (χ4n) is 1.21. The van der Waals surface area contributed by atoms with Crippen LogP contribution in [0, 0.1) is 0 Å². The minimum Gasteiger partial charge on any atom is -0.545 e. The highest BCUT2D eigenvalue weighted by Crippen LogP contribution is 2.08. The van der Waals surface area contributed by atoms with Gasteiger partial charge in [0, 0.05) is 0 Å². The van der Waals surface area contributed by atoms with Gasteiger partial charge >= 0.3 is 0 Å². The van der Waals surface area contributed by atoms with Crippen molar-refractivity contribution in [3.05, 3.63) is 47.5 Å². The number of carbonyl (C=O) groups is 1. The van der Waals surface area contributed by atoms with Crippen LogP contribution in [0.1, 0.15) is 18.1 Å². The van der Waals surface area contributed by atoms with Crippen LogP contribution < -0.4 is 5.11 Å². The normalized spacial score (nSPS) is 9.79. The summed E-state index contributed by atoms with van der Waals surface area (Å²) in [6.07, 6.45) is 1.34. The first-order chi connectivity index (χ1) is 6.63. The fourth-order valence-corrected chi connectivity index (χ4v) is 1.21. The Morgan fingerprint density at radius 1 is 1.29 bits per heavy atom. The van der Waals surface area contributed by atoms with Crippen LogP contribution in [0.3, 0.4) is 0 Å². The van der Waals surface area contributed by atoms with E-state index in [1.165, 1.54) is 5.56 Å². The molecule has 14 heavy (non-hydrogen) atoms. The van der Waals surface area contributed by atoms with Gasteiger partial charge < -0.3 is 9.90 Å². The van der Waals surface area contributed by atoms with Crippen molar-refractivity contribution in [2.45, 2.75) is 19.8 Å². The predicted molar refractivity (Wildman–Crippen MR) is 53.7 cm³/mol. The zero-order chi connectivity index (χ0) is 10.6. The number of rotatable bonds is 4. The summed E-state index contributed by atoms with van der Waals surface area (Å²) in [6, 6.07) is 7.84. The van der Waals surface area contributed by atoms with Crippen LogP contribution in [0.15, 0.2) is 36.4 Å². The standard InChI is InChI=1S/C12H14O2/c1-3-10-4-6-11(7-5-10)8-9(2)12(13)14/h4-7H,2-3,8H2,1H3,(H,13,14)/p-1. The quantitative estimate of drug-likeness (QED) is 0.665. The predicted octanol–water partition coefficient (Wildman–Crippen LogP) is 1.10. The minimum absolute atomic E-state index is 0.120. The molecule has 74 valence electrons. The first kappa shape index (κ1) is 10.5. The summed E-state index contributed by atoms with van der Waals surface area (Å²) < 4.78 is 0. The fraction of sp³-hybridized carbons (Fsp3) is 0.250. The highest BCUT2D eigenvalue weighted by molar-refractivity contribution is 5.84. The molecule has 1 aromatic rings. The van der Waals surface area contributed by atoms with Gasteiger partial charge in [-0.25, -0.2) is 0 Å². The van der Waals surface area contributed by atoms with Crippen molar-refractivity contribution in [2.75, 3.05) is 0 Å².